The molecule has 6 heteroatoms. The Labute approximate surface area is 156 Å². The molecule has 2 aromatic rings. The molecular weight excluding hydrogens is 358 g/mol. The number of carbonyl (C=O) groups excluding carboxylic acids is 2. The molecule has 0 aliphatic heterocycles. The summed E-state index contributed by atoms with van der Waals surface area (Å²) in [7, 11) is 0. The summed E-state index contributed by atoms with van der Waals surface area (Å²) in [5, 5.41) is 3.44. The van der Waals surface area contributed by atoms with Crippen molar-refractivity contribution in [2.75, 3.05) is 5.75 Å². The quantitative estimate of drug-likeness (QED) is 0.556. The van der Waals surface area contributed by atoms with Crippen molar-refractivity contribution in [2.24, 2.45) is 0 Å². The predicted octanol–water partition coefficient (Wildman–Crippen LogP) is 4.07. The van der Waals surface area contributed by atoms with E-state index in [1.807, 2.05) is 49.4 Å². The molecule has 132 valence electrons. The molecule has 0 aromatic heterocycles. The van der Waals surface area contributed by atoms with Crippen LogP contribution in [0.25, 0.3) is 0 Å². The smallest absolute Gasteiger partial charge is 0.317 e. The highest BCUT2D eigenvalue weighted by Crippen LogP contribution is 2.20. The monoisotopic (exact) mass is 377 g/mol. The average molecular weight is 378 g/mol. The van der Waals surface area contributed by atoms with E-state index in [-0.39, 0.29) is 11.7 Å². The van der Waals surface area contributed by atoms with Crippen molar-refractivity contribution in [1.29, 1.82) is 0 Å². The molecule has 0 fully saturated rings. The van der Waals surface area contributed by atoms with Gasteiger partial charge in [0.05, 0.1) is 5.75 Å². The first-order valence-corrected chi connectivity index (χ1v) is 9.34. The minimum absolute atomic E-state index is 0.143. The summed E-state index contributed by atoms with van der Waals surface area (Å²) in [6.45, 7) is 2.22. The first kappa shape index (κ1) is 19.3. The summed E-state index contributed by atoms with van der Waals surface area (Å²) in [6, 6.07) is 16.8. The number of hydrogen-bond donors (Lipinski definition) is 1. The van der Waals surface area contributed by atoms with E-state index in [1.165, 1.54) is 11.8 Å². The van der Waals surface area contributed by atoms with Gasteiger partial charge in [-0.25, -0.2) is 0 Å². The maximum Gasteiger partial charge on any atom is 0.317 e. The highest BCUT2D eigenvalue weighted by Gasteiger charge is 2.20. The fraction of sp³-hybridized carbons (Fsp3) is 0.263. The summed E-state index contributed by atoms with van der Waals surface area (Å²) < 4.78 is 5.30. The highest BCUT2D eigenvalue weighted by molar-refractivity contribution is 8.00. The van der Waals surface area contributed by atoms with Gasteiger partial charge in [-0.15, -0.1) is 11.8 Å². The van der Waals surface area contributed by atoms with E-state index in [2.05, 4.69) is 5.32 Å². The Balaban J connectivity index is 1.78. The van der Waals surface area contributed by atoms with Crippen LogP contribution in [-0.2, 0) is 20.9 Å². The molecule has 0 bridgehead atoms. The van der Waals surface area contributed by atoms with Crippen LogP contribution in [0.4, 0.5) is 0 Å². The van der Waals surface area contributed by atoms with Crippen LogP contribution in [0.15, 0.2) is 59.5 Å². The lowest BCUT2D eigenvalue weighted by molar-refractivity contribution is -0.153. The van der Waals surface area contributed by atoms with Gasteiger partial charge in [-0.3, -0.25) is 9.59 Å². The number of hydrogen-bond acceptors (Lipinski definition) is 4. The Bertz CT molecular complexity index is 692. The molecule has 2 rings (SSSR count). The van der Waals surface area contributed by atoms with Crippen molar-refractivity contribution in [3.63, 3.8) is 0 Å². The minimum atomic E-state index is -0.776. The van der Waals surface area contributed by atoms with E-state index in [4.69, 9.17) is 16.3 Å². The fourth-order valence-electron chi connectivity index (χ4n) is 2.09. The third-order valence-corrected chi connectivity index (χ3v) is 4.65. The van der Waals surface area contributed by atoms with E-state index in [0.717, 1.165) is 10.5 Å². The molecule has 0 heterocycles. The van der Waals surface area contributed by atoms with Crippen LogP contribution < -0.4 is 5.32 Å². The average Bonchev–Trinajstić information content (AvgIpc) is 2.64. The second-order valence-electron chi connectivity index (χ2n) is 5.33. The van der Waals surface area contributed by atoms with Crippen LogP contribution >= 0.6 is 23.4 Å². The summed E-state index contributed by atoms with van der Waals surface area (Å²) in [4.78, 5) is 25.1. The zero-order valence-electron chi connectivity index (χ0n) is 13.9. The second kappa shape index (κ2) is 10.1. The van der Waals surface area contributed by atoms with Crippen molar-refractivity contribution in [1.82, 2.24) is 5.32 Å². The minimum Gasteiger partial charge on any atom is -0.452 e. The van der Waals surface area contributed by atoms with Crippen molar-refractivity contribution in [3.05, 3.63) is 65.2 Å². The summed E-state index contributed by atoms with van der Waals surface area (Å²) in [5.74, 6) is -0.553. The Morgan fingerprint density at radius 3 is 2.44 bits per heavy atom. The summed E-state index contributed by atoms with van der Waals surface area (Å²) in [6.07, 6.45) is -0.347. The van der Waals surface area contributed by atoms with E-state index in [9.17, 15) is 9.59 Å². The normalized spacial score (nSPS) is 11.6. The largest absolute Gasteiger partial charge is 0.452 e. The van der Waals surface area contributed by atoms with Crippen LogP contribution in [0.3, 0.4) is 0 Å². The molecule has 0 radical (unpaired) electrons. The lowest BCUT2D eigenvalue weighted by Crippen LogP contribution is -2.37. The lowest BCUT2D eigenvalue weighted by atomic mass is 10.2. The molecule has 1 unspecified atom stereocenters. The first-order valence-electron chi connectivity index (χ1n) is 7.98. The van der Waals surface area contributed by atoms with E-state index < -0.39 is 12.1 Å². The van der Waals surface area contributed by atoms with Crippen LogP contribution in [0.5, 0.6) is 0 Å². The SMILES string of the molecule is CCC(OC(=O)CSc1ccc(Cl)cc1)C(=O)NCc1ccccc1. The molecule has 2 aromatic carbocycles. The Kier molecular flexibility index (Phi) is 7.82. The van der Waals surface area contributed by atoms with Gasteiger partial charge in [-0.2, -0.15) is 0 Å². The molecule has 1 atom stereocenters. The van der Waals surface area contributed by atoms with Gasteiger partial charge < -0.3 is 10.1 Å². The molecule has 1 N–H and O–H groups in total. The zero-order valence-corrected chi connectivity index (χ0v) is 15.5. The maximum absolute atomic E-state index is 12.2. The maximum atomic E-state index is 12.2. The Morgan fingerprint density at radius 2 is 1.80 bits per heavy atom. The molecule has 0 saturated carbocycles. The van der Waals surface area contributed by atoms with Crippen molar-refractivity contribution < 1.29 is 14.3 Å². The first-order chi connectivity index (χ1) is 12.1. The van der Waals surface area contributed by atoms with Gasteiger partial charge in [0, 0.05) is 16.5 Å². The molecular formula is C19H20ClNO3S. The van der Waals surface area contributed by atoms with Gasteiger partial charge in [0.2, 0.25) is 0 Å². The number of nitrogens with one attached hydrogen (secondary N) is 1. The number of amides is 1. The molecule has 0 aliphatic rings. The van der Waals surface area contributed by atoms with Gasteiger partial charge in [0.1, 0.15) is 0 Å². The van der Waals surface area contributed by atoms with Gasteiger partial charge in [-0.1, -0.05) is 48.9 Å². The van der Waals surface area contributed by atoms with Gasteiger partial charge in [0.15, 0.2) is 6.10 Å². The fourth-order valence-corrected chi connectivity index (χ4v) is 2.89. The van der Waals surface area contributed by atoms with E-state index >= 15 is 0 Å². The van der Waals surface area contributed by atoms with Gasteiger partial charge in [0.25, 0.3) is 5.91 Å². The third-order valence-electron chi connectivity index (χ3n) is 3.42. The summed E-state index contributed by atoms with van der Waals surface area (Å²) in [5.41, 5.74) is 0.996. The number of thioether (sulfide) groups is 1. The lowest BCUT2D eigenvalue weighted by Gasteiger charge is -2.16. The summed E-state index contributed by atoms with van der Waals surface area (Å²) >= 11 is 7.17. The predicted molar refractivity (Wildman–Crippen MR) is 101 cm³/mol. The number of ether oxygens (including phenoxy) is 1. The Hall–Kier alpha value is -1.98. The van der Waals surface area contributed by atoms with Gasteiger partial charge in [-0.05, 0) is 36.2 Å². The number of carbonyl (C=O) groups is 2. The van der Waals surface area contributed by atoms with E-state index in [1.54, 1.807) is 12.1 Å². The molecule has 1 amide bonds. The molecule has 0 saturated heterocycles. The molecule has 4 nitrogen and oxygen atoms in total. The van der Waals surface area contributed by atoms with Crippen LogP contribution in [0, 0.1) is 0 Å². The number of esters is 1. The van der Waals surface area contributed by atoms with Crippen molar-refractivity contribution >= 4 is 35.2 Å². The molecule has 0 spiro atoms. The standard InChI is InChI=1S/C19H20ClNO3S/c1-2-17(19(23)21-12-14-6-4-3-5-7-14)24-18(22)13-25-16-10-8-15(20)9-11-16/h3-11,17H,2,12-13H2,1H3,(H,21,23). The van der Waals surface area contributed by atoms with Crippen molar-refractivity contribution in [2.45, 2.75) is 30.9 Å². The number of halogens is 1. The number of rotatable bonds is 8. The third kappa shape index (κ3) is 6.80. The van der Waals surface area contributed by atoms with Gasteiger partial charge >= 0.3 is 5.97 Å². The molecule has 0 aliphatic carbocycles. The highest BCUT2D eigenvalue weighted by atomic mass is 35.5. The van der Waals surface area contributed by atoms with E-state index in [0.29, 0.717) is 18.0 Å². The molecule has 25 heavy (non-hydrogen) atoms. The van der Waals surface area contributed by atoms with Crippen molar-refractivity contribution in [3.8, 4) is 0 Å². The topological polar surface area (TPSA) is 55.4 Å². The van der Waals surface area contributed by atoms with Crippen LogP contribution in [-0.4, -0.2) is 23.7 Å². The number of benzene rings is 2. The Morgan fingerprint density at radius 1 is 1.12 bits per heavy atom. The zero-order chi connectivity index (χ0) is 18.1. The second-order valence-corrected chi connectivity index (χ2v) is 6.82. The van der Waals surface area contributed by atoms with Crippen LogP contribution in [0.2, 0.25) is 5.02 Å². The van der Waals surface area contributed by atoms with Crippen LogP contribution in [0.1, 0.15) is 18.9 Å².